The number of ketones is 1. The van der Waals surface area contributed by atoms with Crippen molar-refractivity contribution in [3.8, 4) is 0 Å². The molecular weight excluding hydrogens is 350 g/mol. The fourth-order valence-electron chi connectivity index (χ4n) is 3.26. The minimum Gasteiger partial charge on any atom is -0.462 e. The molecule has 0 bridgehead atoms. The molecule has 1 aliphatic rings. The van der Waals surface area contributed by atoms with E-state index in [9.17, 15) is 9.59 Å². The van der Waals surface area contributed by atoms with Crippen LogP contribution in [0.5, 0.6) is 0 Å². The summed E-state index contributed by atoms with van der Waals surface area (Å²) >= 11 is 1.41. The Morgan fingerprint density at radius 1 is 1.31 bits per heavy atom. The maximum atomic E-state index is 12.3. The monoisotopic (exact) mass is 367 g/mol. The second kappa shape index (κ2) is 6.49. The van der Waals surface area contributed by atoms with Crippen molar-refractivity contribution < 1.29 is 14.3 Å². The maximum absolute atomic E-state index is 12.3. The third-order valence-electron chi connectivity index (χ3n) is 4.48. The lowest BCUT2D eigenvalue weighted by atomic mass is 10.1. The highest BCUT2D eigenvalue weighted by Gasteiger charge is 2.27. The van der Waals surface area contributed by atoms with Crippen LogP contribution in [0.4, 0.5) is 11.5 Å². The van der Waals surface area contributed by atoms with Crippen molar-refractivity contribution in [1.82, 2.24) is 9.97 Å². The average Bonchev–Trinajstić information content (AvgIpc) is 3.25. The fraction of sp³-hybridized carbons (Fsp3) is 0.263. The van der Waals surface area contributed by atoms with Gasteiger partial charge in [0.1, 0.15) is 17.0 Å². The topological polar surface area (TPSA) is 72.4 Å². The normalized spacial score (nSPS) is 13.1. The van der Waals surface area contributed by atoms with Crippen molar-refractivity contribution in [1.29, 1.82) is 0 Å². The number of Topliss-reactive ketones (excluding diaryl/α,β-unsaturated/α-hetero) is 1. The second-order valence-corrected chi connectivity index (χ2v) is 6.91. The highest BCUT2D eigenvalue weighted by molar-refractivity contribution is 7.17. The number of rotatable bonds is 4. The van der Waals surface area contributed by atoms with E-state index in [0.29, 0.717) is 23.6 Å². The number of thiophene rings is 1. The van der Waals surface area contributed by atoms with Crippen LogP contribution in [0, 0.1) is 0 Å². The molecule has 3 heterocycles. The Morgan fingerprint density at radius 2 is 2.15 bits per heavy atom. The van der Waals surface area contributed by atoms with E-state index in [-0.39, 0.29) is 11.8 Å². The molecule has 0 unspecified atom stereocenters. The number of nitrogens with zero attached hydrogens (tertiary/aromatic N) is 3. The summed E-state index contributed by atoms with van der Waals surface area (Å²) in [5, 5.41) is 2.50. The summed E-state index contributed by atoms with van der Waals surface area (Å²) in [7, 11) is 0. The van der Waals surface area contributed by atoms with E-state index in [1.54, 1.807) is 19.2 Å². The highest BCUT2D eigenvalue weighted by atomic mass is 32.1. The summed E-state index contributed by atoms with van der Waals surface area (Å²) in [6.07, 6.45) is 2.34. The zero-order valence-electron chi connectivity index (χ0n) is 14.5. The predicted octanol–water partition coefficient (Wildman–Crippen LogP) is 3.76. The van der Waals surface area contributed by atoms with Crippen LogP contribution in [0.2, 0.25) is 0 Å². The lowest BCUT2D eigenvalue weighted by Gasteiger charge is -2.19. The summed E-state index contributed by atoms with van der Waals surface area (Å²) in [5.74, 6) is 0.396. The lowest BCUT2D eigenvalue weighted by molar-refractivity contribution is 0.0529. The lowest BCUT2D eigenvalue weighted by Crippen LogP contribution is -2.16. The fourth-order valence-corrected chi connectivity index (χ4v) is 4.13. The first-order valence-electron chi connectivity index (χ1n) is 8.41. The molecule has 0 N–H and O–H groups in total. The maximum Gasteiger partial charge on any atom is 0.339 e. The Hall–Kier alpha value is -2.80. The molecule has 0 fully saturated rings. The van der Waals surface area contributed by atoms with Gasteiger partial charge in [0.15, 0.2) is 5.78 Å². The van der Waals surface area contributed by atoms with E-state index in [4.69, 9.17) is 4.74 Å². The molecule has 2 aromatic heterocycles. The standard InChI is InChI=1S/C19H17N3O3S/c1-3-25-19(24)14-9-26-18-16(14)17(20-10-21-18)22-7-6-13-8-12(11(2)23)4-5-15(13)22/h4-5,8-10H,3,6-7H2,1-2H3. The van der Waals surface area contributed by atoms with Gasteiger partial charge in [0.2, 0.25) is 0 Å². The van der Waals surface area contributed by atoms with Crippen molar-refractivity contribution in [3.05, 3.63) is 46.6 Å². The molecule has 1 aliphatic heterocycles. The Kier molecular flexibility index (Phi) is 4.16. The first kappa shape index (κ1) is 16.7. The Morgan fingerprint density at radius 3 is 2.92 bits per heavy atom. The number of anilines is 2. The molecule has 26 heavy (non-hydrogen) atoms. The Labute approximate surface area is 154 Å². The van der Waals surface area contributed by atoms with E-state index >= 15 is 0 Å². The van der Waals surface area contributed by atoms with Gasteiger partial charge in [-0.05, 0) is 44.0 Å². The smallest absolute Gasteiger partial charge is 0.339 e. The molecule has 1 aromatic carbocycles. The number of esters is 1. The minimum absolute atomic E-state index is 0.0538. The van der Waals surface area contributed by atoms with Crippen molar-refractivity contribution in [2.24, 2.45) is 0 Å². The summed E-state index contributed by atoms with van der Waals surface area (Å²) in [6.45, 7) is 4.41. The van der Waals surface area contributed by atoms with Crippen LogP contribution >= 0.6 is 11.3 Å². The van der Waals surface area contributed by atoms with Crippen LogP contribution in [0.3, 0.4) is 0 Å². The number of fused-ring (bicyclic) bond motifs is 2. The second-order valence-electron chi connectivity index (χ2n) is 6.05. The molecular formula is C19H17N3O3S. The van der Waals surface area contributed by atoms with Crippen molar-refractivity contribution in [2.75, 3.05) is 18.1 Å². The number of benzene rings is 1. The third kappa shape index (κ3) is 2.64. The number of ether oxygens (including phenoxy) is 1. The summed E-state index contributed by atoms with van der Waals surface area (Å²) in [6, 6.07) is 5.72. The molecule has 0 radical (unpaired) electrons. The van der Waals surface area contributed by atoms with Gasteiger partial charge in [-0.1, -0.05) is 0 Å². The van der Waals surface area contributed by atoms with Crippen LogP contribution in [-0.4, -0.2) is 34.9 Å². The van der Waals surface area contributed by atoms with Gasteiger partial charge >= 0.3 is 5.97 Å². The predicted molar refractivity (Wildman–Crippen MR) is 101 cm³/mol. The number of carbonyl (C=O) groups excluding carboxylic acids is 2. The zero-order valence-corrected chi connectivity index (χ0v) is 15.3. The molecule has 0 spiro atoms. The zero-order chi connectivity index (χ0) is 18.3. The number of hydrogen-bond acceptors (Lipinski definition) is 7. The Balaban J connectivity index is 1.83. The van der Waals surface area contributed by atoms with Gasteiger partial charge in [0, 0.05) is 23.2 Å². The van der Waals surface area contributed by atoms with E-state index in [2.05, 4.69) is 14.9 Å². The van der Waals surface area contributed by atoms with Crippen LogP contribution in [-0.2, 0) is 11.2 Å². The third-order valence-corrected chi connectivity index (χ3v) is 5.37. The van der Waals surface area contributed by atoms with Crippen LogP contribution < -0.4 is 4.90 Å². The number of hydrogen-bond donors (Lipinski definition) is 0. The summed E-state index contributed by atoms with van der Waals surface area (Å²) < 4.78 is 5.18. The van der Waals surface area contributed by atoms with Crippen molar-refractivity contribution in [2.45, 2.75) is 20.3 Å². The number of aromatic nitrogens is 2. The van der Waals surface area contributed by atoms with Crippen molar-refractivity contribution >= 4 is 44.8 Å². The molecule has 0 saturated carbocycles. The summed E-state index contributed by atoms with van der Waals surface area (Å²) in [4.78, 5) is 35.6. The van der Waals surface area contributed by atoms with Gasteiger partial charge in [0.05, 0.1) is 17.6 Å². The molecule has 0 amide bonds. The average molecular weight is 367 g/mol. The molecule has 0 saturated heterocycles. The van der Waals surface area contributed by atoms with Crippen LogP contribution in [0.25, 0.3) is 10.2 Å². The quantitative estimate of drug-likeness (QED) is 0.516. The molecule has 0 aliphatic carbocycles. The largest absolute Gasteiger partial charge is 0.462 e. The van der Waals surface area contributed by atoms with E-state index in [1.807, 2.05) is 18.2 Å². The molecule has 3 aromatic rings. The van der Waals surface area contributed by atoms with Gasteiger partial charge in [-0.2, -0.15) is 0 Å². The van der Waals surface area contributed by atoms with Gasteiger partial charge in [0.25, 0.3) is 0 Å². The van der Waals surface area contributed by atoms with Gasteiger partial charge in [-0.15, -0.1) is 11.3 Å². The highest BCUT2D eigenvalue weighted by Crippen LogP contribution is 2.39. The van der Waals surface area contributed by atoms with Gasteiger partial charge < -0.3 is 9.64 Å². The first-order valence-corrected chi connectivity index (χ1v) is 9.28. The van der Waals surface area contributed by atoms with Gasteiger partial charge in [-0.3, -0.25) is 4.79 Å². The van der Waals surface area contributed by atoms with E-state index in [0.717, 1.165) is 34.4 Å². The summed E-state index contributed by atoms with van der Waals surface area (Å²) in [5.41, 5.74) is 3.32. The van der Waals surface area contributed by atoms with Crippen LogP contribution in [0.1, 0.15) is 40.1 Å². The molecule has 6 nitrogen and oxygen atoms in total. The van der Waals surface area contributed by atoms with Crippen molar-refractivity contribution in [3.63, 3.8) is 0 Å². The molecule has 7 heteroatoms. The van der Waals surface area contributed by atoms with Gasteiger partial charge in [-0.25, -0.2) is 14.8 Å². The molecule has 4 rings (SSSR count). The van der Waals surface area contributed by atoms with E-state index in [1.165, 1.54) is 17.7 Å². The van der Waals surface area contributed by atoms with Crippen LogP contribution in [0.15, 0.2) is 29.9 Å². The Bertz CT molecular complexity index is 1030. The minimum atomic E-state index is -0.360. The molecule has 0 atom stereocenters. The number of carbonyl (C=O) groups is 2. The van der Waals surface area contributed by atoms with E-state index < -0.39 is 0 Å². The molecule has 132 valence electrons. The SMILES string of the molecule is CCOC(=O)c1csc2ncnc(N3CCc4cc(C(C)=O)ccc43)c12. The first-order chi connectivity index (χ1) is 12.6.